The van der Waals surface area contributed by atoms with Crippen molar-refractivity contribution in [3.05, 3.63) is 50.4 Å². The molecule has 2 fully saturated rings. The van der Waals surface area contributed by atoms with Crippen molar-refractivity contribution in [3.63, 3.8) is 0 Å². The van der Waals surface area contributed by atoms with E-state index in [0.717, 1.165) is 39.0 Å². The van der Waals surface area contributed by atoms with Gasteiger partial charge >= 0.3 is 0 Å². The summed E-state index contributed by atoms with van der Waals surface area (Å²) >= 11 is 2.97. The molecule has 9 nitrogen and oxygen atoms in total. The molecule has 3 amide bonds. The molecule has 2 heterocycles. The van der Waals surface area contributed by atoms with Gasteiger partial charge in [-0.15, -0.1) is 0 Å². The van der Waals surface area contributed by atoms with Crippen LogP contribution in [0.15, 0.2) is 41.3 Å². The summed E-state index contributed by atoms with van der Waals surface area (Å²) in [6.07, 6.45) is 1.64. The van der Waals surface area contributed by atoms with E-state index < -0.39 is 17.1 Å². The standard InChI is InChI=1S/C26H28IN3O6S/c1-3-35-21-14-17(13-18(27)24(21)36-4-2)15-22-25(32)30(26(33)37-22)16-23(31)28-19-7-5-6-8-20(19)29-9-11-34-12-10-29/h5-8,13-15H,3-4,9-12,16H2,1-2H3,(H,28,31)/b22-15+. The molecular formula is C26H28IN3O6S. The van der Waals surface area contributed by atoms with Crippen LogP contribution in [0.3, 0.4) is 0 Å². The van der Waals surface area contributed by atoms with Crippen molar-refractivity contribution in [1.82, 2.24) is 4.90 Å². The number of carbonyl (C=O) groups excluding carboxylic acids is 3. The van der Waals surface area contributed by atoms with Gasteiger partial charge in [-0.1, -0.05) is 12.1 Å². The quantitative estimate of drug-likeness (QED) is 0.315. The maximum Gasteiger partial charge on any atom is 0.294 e. The normalized spacial score (nSPS) is 16.9. The summed E-state index contributed by atoms with van der Waals surface area (Å²) in [5.74, 6) is 0.260. The topological polar surface area (TPSA) is 97.4 Å². The number of morpholine rings is 1. The van der Waals surface area contributed by atoms with Gasteiger partial charge in [-0.2, -0.15) is 0 Å². The highest BCUT2D eigenvalue weighted by atomic mass is 127. The van der Waals surface area contributed by atoms with Crippen molar-refractivity contribution in [3.8, 4) is 11.5 Å². The summed E-state index contributed by atoms with van der Waals surface area (Å²) in [6, 6.07) is 11.1. The Balaban J connectivity index is 1.47. The average molecular weight is 637 g/mol. The minimum atomic E-state index is -0.506. The highest BCUT2D eigenvalue weighted by Crippen LogP contribution is 2.37. The van der Waals surface area contributed by atoms with Gasteiger partial charge in [-0.25, -0.2) is 0 Å². The zero-order valence-corrected chi connectivity index (χ0v) is 23.6. The van der Waals surface area contributed by atoms with Crippen molar-refractivity contribution in [1.29, 1.82) is 0 Å². The molecule has 0 unspecified atom stereocenters. The summed E-state index contributed by atoms with van der Waals surface area (Å²) in [6.45, 7) is 7.03. The Hall–Kier alpha value is -2.77. The SMILES string of the molecule is CCOc1cc(/C=C2/SC(=O)N(CC(=O)Nc3ccccc3N3CCOCC3)C2=O)cc(I)c1OCC. The van der Waals surface area contributed by atoms with Crippen molar-refractivity contribution in [2.45, 2.75) is 13.8 Å². The molecule has 2 aliphatic heterocycles. The van der Waals surface area contributed by atoms with Gasteiger partial charge in [0.05, 0.1) is 46.3 Å². The Bertz CT molecular complexity index is 1210. The third kappa shape index (κ3) is 6.57. The van der Waals surface area contributed by atoms with E-state index in [9.17, 15) is 14.4 Å². The van der Waals surface area contributed by atoms with Crippen molar-refractivity contribution < 1.29 is 28.6 Å². The maximum absolute atomic E-state index is 13.0. The number of imide groups is 1. The summed E-state index contributed by atoms with van der Waals surface area (Å²) in [4.78, 5) is 41.9. The van der Waals surface area contributed by atoms with Crippen LogP contribution in [0.4, 0.5) is 16.2 Å². The number of halogens is 1. The van der Waals surface area contributed by atoms with E-state index in [1.165, 1.54) is 0 Å². The number of nitrogens with one attached hydrogen (secondary N) is 1. The number of amides is 3. The Morgan fingerprint density at radius 2 is 1.86 bits per heavy atom. The van der Waals surface area contributed by atoms with Crippen LogP contribution < -0.4 is 19.7 Å². The number of anilines is 2. The molecule has 0 aromatic heterocycles. The summed E-state index contributed by atoms with van der Waals surface area (Å²) < 4.78 is 17.7. The highest BCUT2D eigenvalue weighted by Gasteiger charge is 2.36. The van der Waals surface area contributed by atoms with E-state index in [1.54, 1.807) is 18.2 Å². The minimum absolute atomic E-state index is 0.244. The fraction of sp³-hybridized carbons (Fsp3) is 0.346. The van der Waals surface area contributed by atoms with E-state index >= 15 is 0 Å². The molecule has 37 heavy (non-hydrogen) atoms. The molecule has 4 rings (SSSR count). The lowest BCUT2D eigenvalue weighted by molar-refractivity contribution is -0.127. The van der Waals surface area contributed by atoms with E-state index in [0.29, 0.717) is 49.2 Å². The molecule has 1 N–H and O–H groups in total. The molecule has 11 heteroatoms. The van der Waals surface area contributed by atoms with Crippen LogP contribution in [0.25, 0.3) is 6.08 Å². The first-order valence-electron chi connectivity index (χ1n) is 12.0. The lowest BCUT2D eigenvalue weighted by Crippen LogP contribution is -2.38. The number of hydrogen-bond acceptors (Lipinski definition) is 8. The van der Waals surface area contributed by atoms with E-state index in [-0.39, 0.29) is 11.4 Å². The zero-order chi connectivity index (χ0) is 26.4. The van der Waals surface area contributed by atoms with Gasteiger partial charge in [-0.05, 0) is 84.1 Å². The first kappa shape index (κ1) is 27.3. The van der Waals surface area contributed by atoms with Gasteiger partial charge in [0, 0.05) is 13.1 Å². The smallest absolute Gasteiger partial charge is 0.294 e. The molecular weight excluding hydrogens is 609 g/mol. The van der Waals surface area contributed by atoms with Crippen LogP contribution in [-0.4, -0.2) is 68.0 Å². The maximum atomic E-state index is 13.0. The van der Waals surface area contributed by atoms with Crippen molar-refractivity contribution in [2.24, 2.45) is 0 Å². The number of carbonyl (C=O) groups is 3. The van der Waals surface area contributed by atoms with Gasteiger partial charge < -0.3 is 24.4 Å². The van der Waals surface area contributed by atoms with Gasteiger partial charge in [0.25, 0.3) is 11.1 Å². The number of rotatable bonds is 9. The van der Waals surface area contributed by atoms with Crippen molar-refractivity contribution >= 4 is 68.9 Å². The van der Waals surface area contributed by atoms with Gasteiger partial charge in [0.1, 0.15) is 6.54 Å². The molecule has 0 radical (unpaired) electrons. The summed E-state index contributed by atoms with van der Waals surface area (Å²) in [5, 5.41) is 2.37. The Labute approximate surface area is 233 Å². The molecule has 0 saturated carbocycles. The Morgan fingerprint density at radius 1 is 1.14 bits per heavy atom. The lowest BCUT2D eigenvalue weighted by atomic mass is 10.2. The number of benzene rings is 2. The van der Waals surface area contributed by atoms with E-state index in [2.05, 4.69) is 32.8 Å². The number of para-hydroxylation sites is 2. The van der Waals surface area contributed by atoms with Gasteiger partial charge in [0.15, 0.2) is 11.5 Å². The predicted octanol–water partition coefficient (Wildman–Crippen LogP) is 4.60. The predicted molar refractivity (Wildman–Crippen MR) is 152 cm³/mol. The van der Waals surface area contributed by atoms with Crippen LogP contribution in [0.2, 0.25) is 0 Å². The monoisotopic (exact) mass is 637 g/mol. The van der Waals surface area contributed by atoms with Crippen LogP contribution in [0.1, 0.15) is 19.4 Å². The van der Waals surface area contributed by atoms with Crippen LogP contribution in [0, 0.1) is 3.57 Å². The molecule has 0 bridgehead atoms. The number of hydrogen-bond donors (Lipinski definition) is 1. The fourth-order valence-corrected chi connectivity index (χ4v) is 5.62. The zero-order valence-electron chi connectivity index (χ0n) is 20.6. The molecule has 2 saturated heterocycles. The number of nitrogens with zero attached hydrogens (tertiary/aromatic N) is 2. The second kappa shape index (κ2) is 12.7. The lowest BCUT2D eigenvalue weighted by Gasteiger charge is -2.30. The molecule has 0 aliphatic carbocycles. The van der Waals surface area contributed by atoms with E-state index in [1.807, 2.05) is 38.1 Å². The number of ether oxygens (including phenoxy) is 3. The molecule has 0 spiro atoms. The fourth-order valence-electron chi connectivity index (χ4n) is 4.00. The first-order valence-corrected chi connectivity index (χ1v) is 13.9. The number of thioether (sulfide) groups is 1. The summed E-state index contributed by atoms with van der Waals surface area (Å²) in [7, 11) is 0. The summed E-state index contributed by atoms with van der Waals surface area (Å²) in [5.41, 5.74) is 2.21. The molecule has 2 aliphatic rings. The van der Waals surface area contributed by atoms with E-state index in [4.69, 9.17) is 14.2 Å². The highest BCUT2D eigenvalue weighted by molar-refractivity contribution is 14.1. The molecule has 2 aromatic carbocycles. The molecule has 0 atom stereocenters. The minimum Gasteiger partial charge on any atom is -0.490 e. The molecule has 196 valence electrons. The van der Waals surface area contributed by atoms with Crippen LogP contribution in [0.5, 0.6) is 11.5 Å². The van der Waals surface area contributed by atoms with Crippen LogP contribution in [-0.2, 0) is 14.3 Å². The van der Waals surface area contributed by atoms with Gasteiger partial charge in [0.2, 0.25) is 5.91 Å². The third-order valence-electron chi connectivity index (χ3n) is 5.62. The first-order chi connectivity index (χ1) is 17.9. The third-order valence-corrected chi connectivity index (χ3v) is 7.33. The Morgan fingerprint density at radius 3 is 2.59 bits per heavy atom. The average Bonchev–Trinajstić information content (AvgIpc) is 3.14. The largest absolute Gasteiger partial charge is 0.490 e. The Kier molecular flexibility index (Phi) is 9.33. The second-order valence-corrected chi connectivity index (χ2v) is 10.3. The van der Waals surface area contributed by atoms with Crippen molar-refractivity contribution in [2.75, 3.05) is 56.3 Å². The van der Waals surface area contributed by atoms with Gasteiger partial charge in [-0.3, -0.25) is 19.3 Å². The second-order valence-electron chi connectivity index (χ2n) is 8.13. The van der Waals surface area contributed by atoms with Crippen LogP contribution >= 0.6 is 34.4 Å². The molecule has 2 aromatic rings.